The molecule has 2 saturated heterocycles. The molecule has 0 saturated carbocycles. The van der Waals surface area contributed by atoms with Gasteiger partial charge >= 0.3 is 0 Å². The van der Waals surface area contributed by atoms with E-state index in [2.05, 4.69) is 35.2 Å². The van der Waals surface area contributed by atoms with Crippen molar-refractivity contribution in [3.8, 4) is 0 Å². The summed E-state index contributed by atoms with van der Waals surface area (Å²) in [5, 5.41) is 0. The maximum absolute atomic E-state index is 5.61. The van der Waals surface area contributed by atoms with E-state index in [0.717, 1.165) is 31.6 Å². The van der Waals surface area contributed by atoms with E-state index in [1.165, 1.54) is 25.1 Å². The lowest BCUT2D eigenvalue weighted by atomic mass is 9.88. The third-order valence-corrected chi connectivity index (χ3v) is 3.66. The predicted octanol–water partition coefficient (Wildman–Crippen LogP) is 2.15. The highest BCUT2D eigenvalue weighted by molar-refractivity contribution is 5.14. The fourth-order valence-electron chi connectivity index (χ4n) is 3.04. The molecule has 2 atom stereocenters. The second-order valence-electron chi connectivity index (χ2n) is 5.18. The highest BCUT2D eigenvalue weighted by Gasteiger charge is 2.30. The van der Waals surface area contributed by atoms with Gasteiger partial charge in [-0.25, -0.2) is 0 Å². The van der Waals surface area contributed by atoms with E-state index < -0.39 is 0 Å². The maximum Gasteiger partial charge on any atom is 0.0506 e. The number of fused-ring (bicyclic) bond motifs is 2. The van der Waals surface area contributed by atoms with E-state index in [1.807, 2.05) is 0 Å². The van der Waals surface area contributed by atoms with Gasteiger partial charge in [-0.05, 0) is 23.8 Å². The van der Waals surface area contributed by atoms with Crippen LogP contribution in [0.4, 0.5) is 0 Å². The molecule has 0 radical (unpaired) electrons. The van der Waals surface area contributed by atoms with Crippen LogP contribution < -0.4 is 0 Å². The molecular formula is C14H19NO. The minimum absolute atomic E-state index is 0.774. The summed E-state index contributed by atoms with van der Waals surface area (Å²) in [6.07, 6.45) is 1.38. The molecule has 2 fully saturated rings. The van der Waals surface area contributed by atoms with Crippen molar-refractivity contribution in [1.82, 2.24) is 4.90 Å². The summed E-state index contributed by atoms with van der Waals surface area (Å²) in [4.78, 5) is 2.59. The van der Waals surface area contributed by atoms with Crippen LogP contribution in [0, 0.1) is 11.8 Å². The normalized spacial score (nSPS) is 30.2. The van der Waals surface area contributed by atoms with Crippen LogP contribution >= 0.6 is 0 Å². The summed E-state index contributed by atoms with van der Waals surface area (Å²) in [6, 6.07) is 10.8. The molecule has 1 aromatic rings. The molecule has 1 unspecified atom stereocenters. The van der Waals surface area contributed by atoms with Crippen LogP contribution in [0.15, 0.2) is 30.3 Å². The molecule has 2 heterocycles. The number of hydrogen-bond donors (Lipinski definition) is 0. The van der Waals surface area contributed by atoms with Crippen molar-refractivity contribution >= 4 is 0 Å². The van der Waals surface area contributed by atoms with Crippen molar-refractivity contribution in [2.45, 2.75) is 13.0 Å². The minimum Gasteiger partial charge on any atom is -0.381 e. The Morgan fingerprint density at radius 1 is 1.06 bits per heavy atom. The predicted molar refractivity (Wildman–Crippen MR) is 64.1 cm³/mol. The number of piperidine rings is 1. The first-order chi connectivity index (χ1) is 7.90. The van der Waals surface area contributed by atoms with Gasteiger partial charge in [0.15, 0.2) is 0 Å². The van der Waals surface area contributed by atoms with Crippen molar-refractivity contribution in [2.24, 2.45) is 11.8 Å². The third-order valence-electron chi connectivity index (χ3n) is 3.66. The zero-order valence-corrected chi connectivity index (χ0v) is 9.64. The number of likely N-dealkylation sites (tertiary alicyclic amines) is 1. The molecule has 0 aliphatic carbocycles. The fraction of sp³-hybridized carbons (Fsp3) is 0.571. The van der Waals surface area contributed by atoms with Gasteiger partial charge in [-0.1, -0.05) is 30.3 Å². The monoisotopic (exact) mass is 217 g/mol. The Hall–Kier alpha value is -0.860. The van der Waals surface area contributed by atoms with Crippen molar-refractivity contribution < 1.29 is 4.74 Å². The Kier molecular flexibility index (Phi) is 2.94. The third kappa shape index (κ3) is 2.28. The Labute approximate surface area is 97.2 Å². The van der Waals surface area contributed by atoms with E-state index in [1.54, 1.807) is 0 Å². The van der Waals surface area contributed by atoms with Gasteiger partial charge in [0.1, 0.15) is 0 Å². The number of ether oxygens (including phenoxy) is 1. The number of nitrogens with zero attached hydrogens (tertiary/aromatic N) is 1. The van der Waals surface area contributed by atoms with Crippen LogP contribution in [0.25, 0.3) is 0 Å². The lowest BCUT2D eigenvalue weighted by Gasteiger charge is -2.41. The Morgan fingerprint density at radius 2 is 1.75 bits per heavy atom. The summed E-state index contributed by atoms with van der Waals surface area (Å²) >= 11 is 0. The SMILES string of the molecule is c1ccc(CN2CC3COC[C@H](C3)C2)cc1. The molecule has 2 aliphatic rings. The second kappa shape index (κ2) is 4.56. The highest BCUT2D eigenvalue weighted by atomic mass is 16.5. The smallest absolute Gasteiger partial charge is 0.0506 e. The molecule has 0 aromatic heterocycles. The molecule has 0 spiro atoms. The molecule has 2 bridgehead atoms. The van der Waals surface area contributed by atoms with Gasteiger partial charge < -0.3 is 4.74 Å². The van der Waals surface area contributed by atoms with Gasteiger partial charge in [0.2, 0.25) is 0 Å². The minimum atomic E-state index is 0.774. The first-order valence-electron chi connectivity index (χ1n) is 6.24. The highest BCUT2D eigenvalue weighted by Crippen LogP contribution is 2.27. The van der Waals surface area contributed by atoms with Gasteiger partial charge in [-0.3, -0.25) is 4.90 Å². The summed E-state index contributed by atoms with van der Waals surface area (Å²) < 4.78 is 5.61. The zero-order valence-electron chi connectivity index (χ0n) is 9.64. The van der Waals surface area contributed by atoms with Crippen LogP contribution in [0.3, 0.4) is 0 Å². The number of hydrogen-bond acceptors (Lipinski definition) is 2. The van der Waals surface area contributed by atoms with Crippen LogP contribution in [-0.2, 0) is 11.3 Å². The van der Waals surface area contributed by atoms with Crippen molar-refractivity contribution in [3.05, 3.63) is 35.9 Å². The molecule has 2 heteroatoms. The van der Waals surface area contributed by atoms with Gasteiger partial charge in [0.05, 0.1) is 13.2 Å². The van der Waals surface area contributed by atoms with Crippen LogP contribution in [-0.4, -0.2) is 31.2 Å². The molecule has 0 amide bonds. The number of benzene rings is 1. The molecule has 1 aromatic carbocycles. The van der Waals surface area contributed by atoms with Gasteiger partial charge in [-0.2, -0.15) is 0 Å². The Morgan fingerprint density at radius 3 is 2.44 bits per heavy atom. The zero-order chi connectivity index (χ0) is 10.8. The second-order valence-corrected chi connectivity index (χ2v) is 5.18. The van der Waals surface area contributed by atoms with E-state index in [-0.39, 0.29) is 0 Å². The number of rotatable bonds is 2. The molecule has 16 heavy (non-hydrogen) atoms. The summed E-state index contributed by atoms with van der Waals surface area (Å²) in [7, 11) is 0. The average molecular weight is 217 g/mol. The van der Waals surface area contributed by atoms with Crippen molar-refractivity contribution in [3.63, 3.8) is 0 Å². The largest absolute Gasteiger partial charge is 0.381 e. The fourth-order valence-corrected chi connectivity index (χ4v) is 3.04. The Bertz CT molecular complexity index is 326. The lowest BCUT2D eigenvalue weighted by Crippen LogP contribution is -2.46. The first kappa shape index (κ1) is 10.3. The first-order valence-corrected chi connectivity index (χ1v) is 6.24. The van der Waals surface area contributed by atoms with Crippen LogP contribution in [0.2, 0.25) is 0 Å². The van der Waals surface area contributed by atoms with Crippen LogP contribution in [0.5, 0.6) is 0 Å². The molecule has 86 valence electrons. The van der Waals surface area contributed by atoms with E-state index in [4.69, 9.17) is 4.74 Å². The average Bonchev–Trinajstić information content (AvgIpc) is 2.30. The summed E-state index contributed by atoms with van der Waals surface area (Å²) in [5.41, 5.74) is 1.43. The standard InChI is InChI=1S/C14H19NO/c1-2-4-12(5-3-1)7-15-8-13-6-14(9-15)11-16-10-13/h1-5,13-14H,6-11H2/t13-,14?/m1/s1. The van der Waals surface area contributed by atoms with Gasteiger partial charge in [-0.15, -0.1) is 0 Å². The maximum atomic E-state index is 5.61. The lowest BCUT2D eigenvalue weighted by molar-refractivity contribution is -0.0425. The molecule has 2 nitrogen and oxygen atoms in total. The molecule has 2 aliphatic heterocycles. The summed E-state index contributed by atoms with van der Waals surface area (Å²) in [5.74, 6) is 1.55. The van der Waals surface area contributed by atoms with Gasteiger partial charge in [0, 0.05) is 19.6 Å². The quantitative estimate of drug-likeness (QED) is 0.752. The molecular weight excluding hydrogens is 198 g/mol. The van der Waals surface area contributed by atoms with Crippen LogP contribution in [0.1, 0.15) is 12.0 Å². The van der Waals surface area contributed by atoms with E-state index >= 15 is 0 Å². The van der Waals surface area contributed by atoms with E-state index in [9.17, 15) is 0 Å². The summed E-state index contributed by atoms with van der Waals surface area (Å²) in [6.45, 7) is 5.48. The topological polar surface area (TPSA) is 12.5 Å². The van der Waals surface area contributed by atoms with E-state index in [0.29, 0.717) is 0 Å². The van der Waals surface area contributed by atoms with Crippen molar-refractivity contribution in [2.75, 3.05) is 26.3 Å². The molecule has 3 rings (SSSR count). The van der Waals surface area contributed by atoms with Gasteiger partial charge in [0.25, 0.3) is 0 Å². The molecule has 0 N–H and O–H groups in total. The van der Waals surface area contributed by atoms with Crippen molar-refractivity contribution in [1.29, 1.82) is 0 Å². The Balaban J connectivity index is 1.63.